The minimum Gasteiger partial charge on any atom is -0.479 e. The molecule has 1 atom stereocenters. The summed E-state index contributed by atoms with van der Waals surface area (Å²) in [5, 5.41) is 26.7. The van der Waals surface area contributed by atoms with Crippen molar-refractivity contribution >= 4 is 29.2 Å². The fourth-order valence-corrected chi connectivity index (χ4v) is 4.42. The molecule has 9 nitrogen and oxygen atoms in total. The van der Waals surface area contributed by atoms with E-state index in [0.717, 1.165) is 5.69 Å². The first-order valence-electron chi connectivity index (χ1n) is 11.1. The largest absolute Gasteiger partial charge is 0.479 e. The molecule has 1 aromatic heterocycles. The number of carbonyl (C=O) groups is 2. The summed E-state index contributed by atoms with van der Waals surface area (Å²) in [5.41, 5.74) is -2.28. The van der Waals surface area contributed by atoms with Crippen LogP contribution in [-0.4, -0.2) is 68.6 Å². The number of aliphatic hydroxyl groups is 1. The van der Waals surface area contributed by atoms with E-state index in [1.54, 1.807) is 15.8 Å². The van der Waals surface area contributed by atoms with Crippen molar-refractivity contribution in [3.63, 3.8) is 0 Å². The molecule has 0 unspecified atom stereocenters. The van der Waals surface area contributed by atoms with Gasteiger partial charge in [0.05, 0.1) is 5.69 Å². The number of nitrogens with one attached hydrogen (secondary N) is 1. The topological polar surface area (TPSA) is 117 Å². The van der Waals surface area contributed by atoms with E-state index in [2.05, 4.69) is 15.2 Å². The van der Waals surface area contributed by atoms with Gasteiger partial charge in [0.2, 0.25) is 0 Å². The predicted molar refractivity (Wildman–Crippen MR) is 125 cm³/mol. The smallest absolute Gasteiger partial charge is 0.387 e. The molecule has 0 radical (unpaired) electrons. The number of aliphatic carboxylic acids is 1. The summed E-state index contributed by atoms with van der Waals surface area (Å²) in [7, 11) is 0. The maximum Gasteiger partial charge on any atom is 0.387 e. The summed E-state index contributed by atoms with van der Waals surface area (Å²) in [5.74, 6) is -2.04. The van der Waals surface area contributed by atoms with Gasteiger partial charge in [-0.25, -0.2) is 4.79 Å². The van der Waals surface area contributed by atoms with Gasteiger partial charge in [-0.1, -0.05) is 25.4 Å². The van der Waals surface area contributed by atoms with Crippen LogP contribution in [0.2, 0.25) is 5.02 Å². The third-order valence-corrected chi connectivity index (χ3v) is 6.41. The molecule has 3 N–H and O–H groups in total. The Kier molecular flexibility index (Phi) is 8.03. The minimum atomic E-state index is -3.11. The maximum atomic E-state index is 13.8. The maximum absolute atomic E-state index is 13.8. The van der Waals surface area contributed by atoms with Crippen molar-refractivity contribution in [3.8, 4) is 5.75 Å². The van der Waals surface area contributed by atoms with Crippen LogP contribution in [0.1, 0.15) is 45.2 Å². The molecule has 0 spiro atoms. The second-order valence-corrected chi connectivity index (χ2v) is 9.62. The van der Waals surface area contributed by atoms with E-state index >= 15 is 0 Å². The first-order valence-corrected chi connectivity index (χ1v) is 11.5. The Morgan fingerprint density at radius 1 is 1.29 bits per heavy atom. The fraction of sp³-hybridized carbons (Fsp3) is 0.522. The van der Waals surface area contributed by atoms with E-state index in [4.69, 9.17) is 11.6 Å². The number of benzene rings is 1. The average molecular weight is 515 g/mol. The number of carboxylic acids is 1. The number of aromatic nitrogens is 2. The van der Waals surface area contributed by atoms with Crippen molar-refractivity contribution in [1.82, 2.24) is 14.7 Å². The zero-order chi connectivity index (χ0) is 26.0. The summed E-state index contributed by atoms with van der Waals surface area (Å²) in [6.45, 7) is 2.53. The number of hydrogen-bond donors (Lipinski definition) is 3. The van der Waals surface area contributed by atoms with E-state index in [1.807, 2.05) is 19.9 Å². The van der Waals surface area contributed by atoms with Crippen LogP contribution in [0.15, 0.2) is 30.5 Å². The van der Waals surface area contributed by atoms with Crippen molar-refractivity contribution in [2.24, 2.45) is 0 Å². The van der Waals surface area contributed by atoms with Gasteiger partial charge in [-0.05, 0) is 43.9 Å². The molecule has 1 saturated heterocycles. The van der Waals surface area contributed by atoms with Gasteiger partial charge in [-0.3, -0.25) is 14.4 Å². The summed E-state index contributed by atoms with van der Waals surface area (Å²) in [6.07, 6.45) is 2.09. The number of carboxylic acid groups (broad SMARTS) is 1. The summed E-state index contributed by atoms with van der Waals surface area (Å²) in [6, 6.07) is 5.85. The number of β-amino-alcohol motifs (C(OH)–C–C–N with tert-alkyl or cyclic N) is 1. The third kappa shape index (κ3) is 5.91. The number of piperidine rings is 1. The zero-order valence-corrected chi connectivity index (χ0v) is 20.4. The van der Waals surface area contributed by atoms with Crippen molar-refractivity contribution in [2.75, 3.05) is 25.0 Å². The van der Waals surface area contributed by atoms with Crippen molar-refractivity contribution in [2.45, 2.75) is 57.3 Å². The molecule has 1 fully saturated rings. The van der Waals surface area contributed by atoms with E-state index in [9.17, 15) is 28.6 Å². The molecule has 1 aliphatic heterocycles. The van der Waals surface area contributed by atoms with Crippen LogP contribution in [0.3, 0.4) is 0 Å². The summed E-state index contributed by atoms with van der Waals surface area (Å²) < 4.78 is 32.1. The van der Waals surface area contributed by atoms with Crippen LogP contribution in [-0.2, 0) is 15.1 Å². The predicted octanol–water partition coefficient (Wildman–Crippen LogP) is 3.53. The lowest BCUT2D eigenvalue weighted by Crippen LogP contribution is -2.57. The van der Waals surface area contributed by atoms with Crippen molar-refractivity contribution in [1.29, 1.82) is 0 Å². The molecular weight excluding hydrogens is 486 g/mol. The van der Waals surface area contributed by atoms with Crippen LogP contribution in [0.4, 0.5) is 14.5 Å². The molecule has 0 aliphatic carbocycles. The van der Waals surface area contributed by atoms with E-state index in [1.165, 1.54) is 25.1 Å². The Bertz CT molecular complexity index is 1070. The third-order valence-electron chi connectivity index (χ3n) is 6.17. The number of halogens is 3. The highest BCUT2D eigenvalue weighted by Gasteiger charge is 2.46. The molecule has 1 aliphatic rings. The molecule has 0 bridgehead atoms. The van der Waals surface area contributed by atoms with Gasteiger partial charge in [0.1, 0.15) is 5.54 Å². The van der Waals surface area contributed by atoms with Crippen LogP contribution in [0.5, 0.6) is 5.75 Å². The molecule has 1 amide bonds. The number of alkyl halides is 2. The Morgan fingerprint density at radius 3 is 2.51 bits per heavy atom. The monoisotopic (exact) mass is 514 g/mol. The Balaban J connectivity index is 1.93. The second kappa shape index (κ2) is 10.5. The van der Waals surface area contributed by atoms with E-state index in [0.29, 0.717) is 13.1 Å². The first-order chi connectivity index (χ1) is 16.4. The lowest BCUT2D eigenvalue weighted by molar-refractivity contribution is -0.159. The SMILES string of the molecule is CC(C)c1ccnn1C1(C(=O)Nc2ccc(Cl)cc2OC(F)F)CCN(C[C@@](C)(O)C(=O)O)CC1. The second-order valence-electron chi connectivity index (χ2n) is 9.18. The zero-order valence-electron chi connectivity index (χ0n) is 19.7. The van der Waals surface area contributed by atoms with E-state index in [-0.39, 0.29) is 41.8 Å². The summed E-state index contributed by atoms with van der Waals surface area (Å²) >= 11 is 5.92. The Morgan fingerprint density at radius 2 is 1.94 bits per heavy atom. The normalized spacial score (nSPS) is 17.9. The molecule has 12 heteroatoms. The summed E-state index contributed by atoms with van der Waals surface area (Å²) in [4.78, 5) is 26.9. The lowest BCUT2D eigenvalue weighted by Gasteiger charge is -2.43. The van der Waals surface area contributed by atoms with Gasteiger partial charge in [0.15, 0.2) is 11.4 Å². The van der Waals surface area contributed by atoms with Crippen molar-refractivity contribution < 1.29 is 33.3 Å². The standard InChI is InChI=1S/C23H29ClF2N4O5/c1-14(2)17-6-9-27-30(17)23(7-10-29(11-8-23)13-22(3,34)20(32)33)19(31)28-16-5-4-15(24)12-18(16)35-21(25)26/h4-6,9,12,14,21,34H,7-8,10-11,13H2,1-3H3,(H,28,31)(H,32,33)/t22-/m1/s1. The van der Waals surface area contributed by atoms with Gasteiger partial charge in [0.25, 0.3) is 5.91 Å². The number of likely N-dealkylation sites (tertiary alicyclic amines) is 1. The molecule has 1 aromatic carbocycles. The van der Waals surface area contributed by atoms with Crippen molar-refractivity contribution in [3.05, 3.63) is 41.2 Å². The Hall–Kier alpha value is -2.76. The number of amides is 1. The van der Waals surface area contributed by atoms with Gasteiger partial charge in [-0.2, -0.15) is 13.9 Å². The van der Waals surface area contributed by atoms with Crippen LogP contribution in [0.25, 0.3) is 0 Å². The molecular formula is C23H29ClF2N4O5. The van der Waals surface area contributed by atoms with Crippen LogP contribution < -0.4 is 10.1 Å². The number of ether oxygens (including phenoxy) is 1. The lowest BCUT2D eigenvalue weighted by atomic mass is 9.85. The molecule has 192 valence electrons. The number of rotatable bonds is 9. The van der Waals surface area contributed by atoms with Gasteiger partial charge < -0.3 is 20.3 Å². The van der Waals surface area contributed by atoms with Gasteiger partial charge >= 0.3 is 12.6 Å². The molecule has 2 heterocycles. The average Bonchev–Trinajstić information content (AvgIpc) is 3.26. The number of carbonyl (C=O) groups excluding carboxylic acids is 1. The Labute approximate surface area is 206 Å². The number of nitrogens with zero attached hydrogens (tertiary/aromatic N) is 3. The van der Waals surface area contributed by atoms with Crippen LogP contribution in [0, 0.1) is 0 Å². The molecule has 2 aromatic rings. The minimum absolute atomic E-state index is 0.0357. The van der Waals surface area contributed by atoms with Gasteiger partial charge in [-0.15, -0.1) is 0 Å². The molecule has 35 heavy (non-hydrogen) atoms. The highest BCUT2D eigenvalue weighted by molar-refractivity contribution is 6.30. The highest BCUT2D eigenvalue weighted by atomic mass is 35.5. The quantitative estimate of drug-likeness (QED) is 0.468. The number of anilines is 1. The van der Waals surface area contributed by atoms with Gasteiger partial charge in [0, 0.05) is 42.6 Å². The fourth-order valence-electron chi connectivity index (χ4n) is 4.26. The highest BCUT2D eigenvalue weighted by Crippen LogP contribution is 2.37. The molecule has 3 rings (SSSR count). The van der Waals surface area contributed by atoms with Crippen LogP contribution >= 0.6 is 11.6 Å². The number of hydrogen-bond acceptors (Lipinski definition) is 6. The van der Waals surface area contributed by atoms with E-state index < -0.39 is 29.6 Å². The first kappa shape index (κ1) is 26.8. The molecule has 0 saturated carbocycles.